The largest absolute Gasteiger partial charge is 0.490 e. The molecule has 2 fully saturated rings. The zero-order chi connectivity index (χ0) is 21.2. The van der Waals surface area contributed by atoms with Gasteiger partial charge in [-0.3, -0.25) is 9.69 Å². The van der Waals surface area contributed by atoms with E-state index in [1.807, 2.05) is 59.2 Å². The second-order valence-electron chi connectivity index (χ2n) is 7.10. The maximum absolute atomic E-state index is 12.7. The Kier molecular flexibility index (Phi) is 5.92. The second-order valence-corrected chi connectivity index (χ2v) is 7.10. The predicted octanol–water partition coefficient (Wildman–Crippen LogP) is 2.15. The van der Waals surface area contributed by atoms with E-state index in [1.54, 1.807) is 0 Å². The van der Waals surface area contributed by atoms with Gasteiger partial charge in [-0.25, -0.2) is 9.78 Å². The Hall–Kier alpha value is -2.88. The van der Waals surface area contributed by atoms with Crippen molar-refractivity contribution >= 4 is 17.6 Å². The van der Waals surface area contributed by atoms with Gasteiger partial charge in [-0.1, -0.05) is 18.2 Å². The minimum Gasteiger partial charge on any atom is -0.475 e. The van der Waals surface area contributed by atoms with Crippen molar-refractivity contribution in [1.82, 2.24) is 14.5 Å². The molecule has 2 atom stereocenters. The van der Waals surface area contributed by atoms with Crippen molar-refractivity contribution in [2.24, 2.45) is 18.9 Å². The molecule has 29 heavy (non-hydrogen) atoms. The third-order valence-electron chi connectivity index (χ3n) is 5.11. The number of imidazole rings is 1. The highest BCUT2D eigenvalue weighted by Crippen LogP contribution is 2.35. The van der Waals surface area contributed by atoms with Crippen LogP contribution in [-0.2, 0) is 23.2 Å². The van der Waals surface area contributed by atoms with Crippen LogP contribution in [0.4, 0.5) is 18.9 Å². The van der Waals surface area contributed by atoms with Crippen LogP contribution in [0.2, 0.25) is 0 Å². The summed E-state index contributed by atoms with van der Waals surface area (Å²) in [6.07, 6.45) is -1.29. The number of aromatic nitrogens is 2. The number of likely N-dealkylation sites (tertiary alicyclic amines) is 1. The fourth-order valence-electron chi connectivity index (χ4n) is 3.67. The van der Waals surface area contributed by atoms with Crippen LogP contribution in [0.15, 0.2) is 42.7 Å². The second kappa shape index (κ2) is 8.24. The summed E-state index contributed by atoms with van der Waals surface area (Å²) in [7, 11) is 2.02. The predicted molar refractivity (Wildman–Crippen MR) is 98.0 cm³/mol. The molecule has 1 amide bonds. The van der Waals surface area contributed by atoms with Gasteiger partial charge in [0, 0.05) is 50.7 Å². The molecule has 4 rings (SSSR count). The number of aryl methyl sites for hydroxylation is 1. The van der Waals surface area contributed by atoms with Crippen molar-refractivity contribution in [3.8, 4) is 0 Å². The molecular weight excluding hydrogens is 389 g/mol. The molecule has 0 radical (unpaired) electrons. The average Bonchev–Trinajstić information content (AvgIpc) is 3.33. The van der Waals surface area contributed by atoms with Crippen molar-refractivity contribution in [3.05, 3.63) is 48.5 Å². The summed E-state index contributed by atoms with van der Waals surface area (Å²) in [5.74, 6) is -0.841. The number of rotatable bonds is 3. The quantitative estimate of drug-likeness (QED) is 0.839. The number of hydrogen-bond donors (Lipinski definition) is 1. The van der Waals surface area contributed by atoms with E-state index >= 15 is 0 Å². The molecule has 0 bridgehead atoms. The summed E-state index contributed by atoms with van der Waals surface area (Å²) in [5.41, 5.74) is 1.03. The van der Waals surface area contributed by atoms with Crippen LogP contribution < -0.4 is 4.90 Å². The van der Waals surface area contributed by atoms with Gasteiger partial charge in [0.1, 0.15) is 5.82 Å². The number of nitrogens with zero attached hydrogens (tertiary/aromatic N) is 4. The van der Waals surface area contributed by atoms with E-state index in [2.05, 4.69) is 9.88 Å². The van der Waals surface area contributed by atoms with Gasteiger partial charge >= 0.3 is 12.1 Å². The van der Waals surface area contributed by atoms with Crippen molar-refractivity contribution in [3.63, 3.8) is 0 Å². The zero-order valence-electron chi connectivity index (χ0n) is 15.7. The van der Waals surface area contributed by atoms with Crippen LogP contribution in [0.3, 0.4) is 0 Å². The molecule has 0 saturated carbocycles. The maximum Gasteiger partial charge on any atom is 0.490 e. The molecule has 7 nitrogen and oxygen atoms in total. The Labute approximate surface area is 165 Å². The number of anilines is 1. The number of alkyl halides is 3. The molecule has 0 spiro atoms. The molecule has 10 heteroatoms. The highest BCUT2D eigenvalue weighted by molar-refractivity contribution is 5.98. The fourth-order valence-corrected chi connectivity index (χ4v) is 3.67. The van der Waals surface area contributed by atoms with E-state index in [1.165, 1.54) is 0 Å². The number of halogens is 3. The van der Waals surface area contributed by atoms with Gasteiger partial charge in [0.15, 0.2) is 0 Å². The van der Waals surface area contributed by atoms with Gasteiger partial charge in [-0.2, -0.15) is 13.2 Å². The molecule has 2 aromatic rings. The lowest BCUT2D eigenvalue weighted by Gasteiger charge is -2.21. The van der Waals surface area contributed by atoms with E-state index in [0.29, 0.717) is 5.92 Å². The number of hydrogen-bond acceptors (Lipinski definition) is 4. The third kappa shape index (κ3) is 4.76. The lowest BCUT2D eigenvalue weighted by Crippen LogP contribution is -2.32. The Morgan fingerprint density at radius 1 is 1.21 bits per heavy atom. The molecule has 0 unspecified atom stereocenters. The van der Waals surface area contributed by atoms with E-state index < -0.39 is 12.1 Å². The van der Waals surface area contributed by atoms with Crippen molar-refractivity contribution in [2.75, 3.05) is 24.5 Å². The Balaban J connectivity index is 0.000000298. The van der Waals surface area contributed by atoms with Crippen LogP contribution in [0.1, 0.15) is 5.82 Å². The van der Waals surface area contributed by atoms with Gasteiger partial charge < -0.3 is 14.6 Å². The molecule has 156 valence electrons. The van der Waals surface area contributed by atoms with Gasteiger partial charge in [-0.15, -0.1) is 0 Å². The van der Waals surface area contributed by atoms with E-state index in [0.717, 1.165) is 37.7 Å². The summed E-state index contributed by atoms with van der Waals surface area (Å²) in [6.45, 7) is 3.49. The number of fused-ring (bicyclic) bond motifs is 1. The lowest BCUT2D eigenvalue weighted by atomic mass is 10.0. The maximum atomic E-state index is 12.7. The molecule has 3 heterocycles. The average molecular weight is 410 g/mol. The smallest absolute Gasteiger partial charge is 0.475 e. The molecule has 2 aliphatic heterocycles. The number of carbonyl (C=O) groups excluding carboxylic acids is 1. The Morgan fingerprint density at radius 2 is 1.86 bits per heavy atom. The van der Waals surface area contributed by atoms with E-state index in [9.17, 15) is 18.0 Å². The number of para-hydroxylation sites is 1. The minimum atomic E-state index is -5.08. The van der Waals surface area contributed by atoms with Crippen LogP contribution in [-0.4, -0.2) is 57.2 Å². The topological polar surface area (TPSA) is 78.7 Å². The number of benzene rings is 1. The van der Waals surface area contributed by atoms with Gasteiger partial charge in [0.25, 0.3) is 0 Å². The fraction of sp³-hybridized carbons (Fsp3) is 0.421. The normalized spacial score (nSPS) is 21.7. The SMILES string of the molecule is Cn1ccnc1CN1C[C@H]2CN(c3ccccc3)C(=O)[C@H]2C1.O=C(O)C(F)(F)F. The Morgan fingerprint density at radius 3 is 2.38 bits per heavy atom. The molecule has 1 N–H and O–H groups in total. The number of aliphatic carboxylic acids is 1. The minimum absolute atomic E-state index is 0.139. The molecule has 1 aromatic carbocycles. The van der Waals surface area contributed by atoms with Gasteiger partial charge in [0.05, 0.1) is 12.5 Å². The summed E-state index contributed by atoms with van der Waals surface area (Å²) in [4.78, 5) is 30.3. The van der Waals surface area contributed by atoms with Gasteiger partial charge in [-0.05, 0) is 12.1 Å². The molecule has 0 aliphatic carbocycles. The third-order valence-corrected chi connectivity index (χ3v) is 5.11. The first-order valence-corrected chi connectivity index (χ1v) is 9.02. The summed E-state index contributed by atoms with van der Waals surface area (Å²) in [6, 6.07) is 10.0. The monoisotopic (exact) mass is 410 g/mol. The van der Waals surface area contributed by atoms with Crippen LogP contribution in [0.25, 0.3) is 0 Å². The lowest BCUT2D eigenvalue weighted by molar-refractivity contribution is -0.192. The van der Waals surface area contributed by atoms with Crippen LogP contribution >= 0.6 is 0 Å². The molecule has 2 aliphatic rings. The van der Waals surface area contributed by atoms with E-state index in [-0.39, 0.29) is 11.8 Å². The number of amides is 1. The first-order valence-electron chi connectivity index (χ1n) is 9.02. The number of carbonyl (C=O) groups is 2. The molecule has 2 saturated heterocycles. The highest BCUT2D eigenvalue weighted by atomic mass is 19.4. The first kappa shape index (κ1) is 20.8. The van der Waals surface area contributed by atoms with Crippen LogP contribution in [0, 0.1) is 11.8 Å². The number of carboxylic acid groups (broad SMARTS) is 1. The van der Waals surface area contributed by atoms with E-state index in [4.69, 9.17) is 9.90 Å². The van der Waals surface area contributed by atoms with Crippen molar-refractivity contribution < 1.29 is 27.9 Å². The van der Waals surface area contributed by atoms with Crippen molar-refractivity contribution in [1.29, 1.82) is 0 Å². The molecular formula is C19H21F3N4O3. The van der Waals surface area contributed by atoms with Crippen molar-refractivity contribution in [2.45, 2.75) is 12.7 Å². The summed E-state index contributed by atoms with van der Waals surface area (Å²) < 4.78 is 33.8. The molecule has 1 aromatic heterocycles. The zero-order valence-corrected chi connectivity index (χ0v) is 15.7. The highest BCUT2D eigenvalue weighted by Gasteiger charge is 2.46. The number of carboxylic acids is 1. The summed E-state index contributed by atoms with van der Waals surface area (Å²) >= 11 is 0. The first-order chi connectivity index (χ1) is 13.7. The standard InChI is InChI=1S/C17H20N4O.C2HF3O2/c1-19-8-7-18-16(19)12-20-9-13-10-21(17(22)15(13)11-20)14-5-3-2-4-6-14;3-2(4,5)1(6)7/h2-8,13,15H,9-12H2,1H3;(H,6,7)/t13-,15-;/m0./s1. The summed E-state index contributed by atoms with van der Waals surface area (Å²) in [5, 5.41) is 7.12. The van der Waals surface area contributed by atoms with Crippen LogP contribution in [0.5, 0.6) is 0 Å². The van der Waals surface area contributed by atoms with Gasteiger partial charge in [0.2, 0.25) is 5.91 Å². The Bertz CT molecular complexity index is 869.